The van der Waals surface area contributed by atoms with E-state index in [1.807, 2.05) is 30.3 Å². The minimum atomic E-state index is -0.991. The molecule has 0 aliphatic heterocycles. The van der Waals surface area contributed by atoms with E-state index in [0.29, 0.717) is 10.7 Å². The molecule has 2 rings (SSSR count). The molecule has 0 radical (unpaired) electrons. The first-order valence-corrected chi connectivity index (χ1v) is 6.95. The van der Waals surface area contributed by atoms with Crippen LogP contribution in [0.2, 0.25) is 0 Å². The average molecular weight is 313 g/mol. The Morgan fingerprint density at radius 1 is 1.18 bits per heavy atom. The van der Waals surface area contributed by atoms with Crippen LogP contribution in [0.3, 0.4) is 0 Å². The molecule has 2 aromatic carbocycles. The molecule has 22 heavy (non-hydrogen) atoms. The average Bonchev–Trinajstić information content (AvgIpc) is 2.53. The van der Waals surface area contributed by atoms with E-state index in [9.17, 15) is 4.79 Å². The predicted molar refractivity (Wildman–Crippen MR) is 91.4 cm³/mol. The summed E-state index contributed by atoms with van der Waals surface area (Å²) in [4.78, 5) is 11.1. The molecule has 0 spiro atoms. The zero-order chi connectivity index (χ0) is 15.9. The molecule has 0 unspecified atom stereocenters. The fourth-order valence-electron chi connectivity index (χ4n) is 1.73. The summed E-state index contributed by atoms with van der Waals surface area (Å²) in [5.74, 6) is -0.991. The number of hydrazone groups is 1. The van der Waals surface area contributed by atoms with Crippen LogP contribution in [0.25, 0.3) is 0 Å². The summed E-state index contributed by atoms with van der Waals surface area (Å²) >= 11 is 5.24. The Labute approximate surface area is 133 Å². The van der Waals surface area contributed by atoms with Crippen molar-refractivity contribution in [1.29, 1.82) is 0 Å². The number of nitrogens with zero attached hydrogens (tertiary/aromatic N) is 2. The first kappa shape index (κ1) is 15.7. The highest BCUT2D eigenvalue weighted by Gasteiger charge is 2.07. The maximum Gasteiger partial charge on any atom is 0.336 e. The van der Waals surface area contributed by atoms with E-state index in [1.165, 1.54) is 17.3 Å². The highest BCUT2D eigenvalue weighted by molar-refractivity contribution is 7.80. The second-order valence-corrected chi connectivity index (χ2v) is 4.84. The quantitative estimate of drug-likeness (QED) is 0.516. The van der Waals surface area contributed by atoms with E-state index >= 15 is 0 Å². The number of para-hydroxylation sites is 1. The summed E-state index contributed by atoms with van der Waals surface area (Å²) in [6, 6.07) is 16.2. The molecule has 0 aliphatic rings. The van der Waals surface area contributed by atoms with Gasteiger partial charge in [-0.2, -0.15) is 5.10 Å². The Bertz CT molecular complexity index is 702. The molecule has 0 bridgehead atoms. The third kappa shape index (κ3) is 4.13. The van der Waals surface area contributed by atoms with Gasteiger partial charge in [-0.15, -0.1) is 0 Å². The summed E-state index contributed by atoms with van der Waals surface area (Å²) in [7, 11) is 1.69. The predicted octanol–water partition coefficient (Wildman–Crippen LogP) is 3.05. The molecule has 0 heterocycles. The molecule has 0 aliphatic carbocycles. The van der Waals surface area contributed by atoms with E-state index in [0.717, 1.165) is 5.69 Å². The van der Waals surface area contributed by atoms with E-state index < -0.39 is 5.97 Å². The molecule has 6 heteroatoms. The largest absolute Gasteiger partial charge is 0.478 e. The molecular weight excluding hydrogens is 298 g/mol. The topological polar surface area (TPSA) is 64.9 Å². The molecule has 5 nitrogen and oxygen atoms in total. The van der Waals surface area contributed by atoms with Crippen molar-refractivity contribution in [3.63, 3.8) is 0 Å². The molecule has 2 N–H and O–H groups in total. The molecule has 0 amide bonds. The molecule has 2 aromatic rings. The van der Waals surface area contributed by atoms with Crippen molar-refractivity contribution >= 4 is 35.2 Å². The van der Waals surface area contributed by atoms with Gasteiger partial charge in [-0.05, 0) is 30.4 Å². The molecule has 0 saturated heterocycles. The zero-order valence-electron chi connectivity index (χ0n) is 11.9. The van der Waals surface area contributed by atoms with Gasteiger partial charge in [-0.3, -0.25) is 0 Å². The minimum Gasteiger partial charge on any atom is -0.478 e. The van der Waals surface area contributed by atoms with E-state index in [2.05, 4.69) is 10.4 Å². The monoisotopic (exact) mass is 313 g/mol. The lowest BCUT2D eigenvalue weighted by Gasteiger charge is -2.15. The van der Waals surface area contributed by atoms with Crippen molar-refractivity contribution in [2.45, 2.75) is 0 Å². The first-order valence-electron chi connectivity index (χ1n) is 6.54. The van der Waals surface area contributed by atoms with Gasteiger partial charge in [0, 0.05) is 18.3 Å². The van der Waals surface area contributed by atoms with Gasteiger partial charge in [0.05, 0.1) is 11.8 Å². The zero-order valence-corrected chi connectivity index (χ0v) is 12.7. The Morgan fingerprint density at radius 3 is 2.50 bits per heavy atom. The number of carbonyl (C=O) groups is 1. The summed E-state index contributed by atoms with van der Waals surface area (Å²) in [6.45, 7) is 0. The number of carboxylic acid groups (broad SMARTS) is 1. The maximum atomic E-state index is 11.1. The van der Waals surface area contributed by atoms with Crippen molar-refractivity contribution in [3.8, 4) is 0 Å². The normalized spacial score (nSPS) is 10.4. The lowest BCUT2D eigenvalue weighted by atomic mass is 10.1. The van der Waals surface area contributed by atoms with E-state index in [1.54, 1.807) is 25.2 Å². The van der Waals surface area contributed by atoms with Crippen LogP contribution in [-0.2, 0) is 0 Å². The second-order valence-electron chi connectivity index (χ2n) is 4.46. The number of hydrogen-bond acceptors (Lipinski definition) is 3. The van der Waals surface area contributed by atoms with Gasteiger partial charge in [0.2, 0.25) is 0 Å². The molecule has 0 fully saturated rings. The third-order valence-electron chi connectivity index (χ3n) is 2.88. The molecule has 0 aromatic heterocycles. The van der Waals surface area contributed by atoms with Gasteiger partial charge in [-0.25, -0.2) is 9.80 Å². The Balaban J connectivity index is 2.07. The summed E-state index contributed by atoms with van der Waals surface area (Å²) in [5, 5.41) is 18.2. The number of nitrogens with one attached hydrogen (secondary N) is 1. The molecule has 112 valence electrons. The first-order chi connectivity index (χ1) is 10.6. The van der Waals surface area contributed by atoms with Crippen molar-refractivity contribution in [2.24, 2.45) is 5.10 Å². The Morgan fingerprint density at radius 2 is 1.82 bits per heavy atom. The van der Waals surface area contributed by atoms with E-state index in [4.69, 9.17) is 17.3 Å². The van der Waals surface area contributed by atoms with Gasteiger partial charge in [-0.1, -0.05) is 36.4 Å². The van der Waals surface area contributed by atoms with Crippen LogP contribution in [-0.4, -0.2) is 34.5 Å². The minimum absolute atomic E-state index is 0.196. The van der Waals surface area contributed by atoms with Crippen molar-refractivity contribution in [2.75, 3.05) is 12.4 Å². The molecule has 0 saturated carbocycles. The highest BCUT2D eigenvalue weighted by atomic mass is 32.1. The van der Waals surface area contributed by atoms with Crippen LogP contribution in [0.5, 0.6) is 0 Å². The number of anilines is 1. The summed E-state index contributed by atoms with van der Waals surface area (Å²) in [6.07, 6.45) is 1.47. The standard InChI is InChI=1S/C16H15N3O2S/c1-19(16(22)18-13-8-3-2-4-9-13)17-11-12-7-5-6-10-14(12)15(20)21/h2-11H,1H3,(H,18,22)(H,20,21). The molecule has 0 atom stereocenters. The van der Waals surface area contributed by atoms with Crippen molar-refractivity contribution < 1.29 is 9.90 Å². The number of rotatable bonds is 4. The van der Waals surface area contributed by atoms with Gasteiger partial charge >= 0.3 is 5.97 Å². The number of benzene rings is 2. The number of hydrogen-bond donors (Lipinski definition) is 2. The van der Waals surface area contributed by atoms with Crippen LogP contribution in [0.1, 0.15) is 15.9 Å². The van der Waals surface area contributed by atoms with Crippen LogP contribution in [0.15, 0.2) is 59.7 Å². The van der Waals surface area contributed by atoms with E-state index in [-0.39, 0.29) is 5.56 Å². The lowest BCUT2D eigenvalue weighted by molar-refractivity contribution is 0.0697. The summed E-state index contributed by atoms with van der Waals surface area (Å²) < 4.78 is 0. The van der Waals surface area contributed by atoms with Gasteiger partial charge in [0.1, 0.15) is 0 Å². The van der Waals surface area contributed by atoms with Crippen molar-refractivity contribution in [1.82, 2.24) is 5.01 Å². The Hall–Kier alpha value is -2.73. The van der Waals surface area contributed by atoms with Crippen LogP contribution in [0.4, 0.5) is 5.69 Å². The number of aromatic carboxylic acids is 1. The van der Waals surface area contributed by atoms with Crippen LogP contribution < -0.4 is 5.32 Å². The van der Waals surface area contributed by atoms with Gasteiger partial charge in [0.15, 0.2) is 5.11 Å². The summed E-state index contributed by atoms with van der Waals surface area (Å²) in [5.41, 5.74) is 1.58. The lowest BCUT2D eigenvalue weighted by Crippen LogP contribution is -2.26. The van der Waals surface area contributed by atoms with Crippen LogP contribution in [0, 0.1) is 0 Å². The number of carboxylic acids is 1. The second kappa shape index (κ2) is 7.33. The highest BCUT2D eigenvalue weighted by Crippen LogP contribution is 2.08. The van der Waals surface area contributed by atoms with Crippen molar-refractivity contribution in [3.05, 3.63) is 65.7 Å². The molecular formula is C16H15N3O2S. The maximum absolute atomic E-state index is 11.1. The third-order valence-corrected chi connectivity index (χ3v) is 3.25. The SMILES string of the molecule is CN(N=Cc1ccccc1C(=O)O)C(=S)Nc1ccccc1. The number of thiocarbonyl (C=S) groups is 1. The fourth-order valence-corrected chi connectivity index (χ4v) is 1.90. The Kier molecular flexibility index (Phi) is 5.21. The van der Waals surface area contributed by atoms with Gasteiger partial charge < -0.3 is 10.4 Å². The smallest absolute Gasteiger partial charge is 0.336 e. The fraction of sp³-hybridized carbons (Fsp3) is 0.0625. The van der Waals surface area contributed by atoms with Crippen LogP contribution >= 0.6 is 12.2 Å². The van der Waals surface area contributed by atoms with Gasteiger partial charge in [0.25, 0.3) is 0 Å².